The molecule has 1 heteroatoms. The maximum atomic E-state index is 2.28. The second-order valence-electron chi connectivity index (χ2n) is 3.28. The van der Waals surface area contributed by atoms with E-state index < -0.39 is 0 Å². The maximum Gasteiger partial charge on any atom is -1.00 e. The fraction of sp³-hybridized carbons (Fsp3) is 1.00. The van der Waals surface area contributed by atoms with Crippen LogP contribution in [0.4, 0.5) is 0 Å². The van der Waals surface area contributed by atoms with Gasteiger partial charge in [0.25, 0.3) is 0 Å². The molecule has 0 bridgehead atoms. The van der Waals surface area contributed by atoms with Gasteiger partial charge in [0.1, 0.15) is 0 Å². The average molecular weight is 170 g/mol. The predicted molar refractivity (Wildman–Crippen MR) is 55.5 cm³/mol. The zero-order valence-electron chi connectivity index (χ0n) is 9.23. The van der Waals surface area contributed by atoms with Crippen LogP contribution < -0.4 is 0 Å². The predicted octanol–water partition coefficient (Wildman–Crippen LogP) is 4.02. The Hall–Kier alpha value is 0.532. The van der Waals surface area contributed by atoms with E-state index in [0.29, 0.717) is 0 Å². The van der Waals surface area contributed by atoms with Crippen LogP contribution in [0.2, 0.25) is 10.6 Å². The normalized spacial score (nSPS) is 9.64. The summed E-state index contributed by atoms with van der Waals surface area (Å²) in [6, 6.07) is 0. The number of hydrogen-bond donors (Lipinski definition) is 0. The van der Waals surface area contributed by atoms with E-state index in [1.165, 1.54) is 38.5 Å². The number of hydrogen-bond acceptors (Lipinski definition) is 0. The van der Waals surface area contributed by atoms with Gasteiger partial charge in [0.2, 0.25) is 0 Å². The Morgan fingerprint density at radius 2 is 1.27 bits per heavy atom. The molecule has 0 spiro atoms. The first-order chi connectivity index (χ1) is 5.41. The Morgan fingerprint density at radius 1 is 0.818 bits per heavy atom. The third-order valence-corrected chi connectivity index (χ3v) is 3.66. The van der Waals surface area contributed by atoms with Gasteiger partial charge < -0.3 is 1.43 Å². The van der Waals surface area contributed by atoms with Gasteiger partial charge in [-0.1, -0.05) is 0 Å². The Bertz CT molecular complexity index is 58.9. The van der Waals surface area contributed by atoms with Gasteiger partial charge in [0.15, 0.2) is 0 Å². The van der Waals surface area contributed by atoms with Gasteiger partial charge in [0.05, 0.1) is 0 Å². The van der Waals surface area contributed by atoms with Gasteiger partial charge in [-0.15, -0.1) is 0 Å². The molecular formula is C10H23Al. The molecule has 0 saturated carbocycles. The van der Waals surface area contributed by atoms with Crippen molar-refractivity contribution in [3.05, 3.63) is 0 Å². The van der Waals surface area contributed by atoms with Gasteiger partial charge in [-0.05, 0) is 0 Å². The van der Waals surface area contributed by atoms with Crippen molar-refractivity contribution in [2.24, 2.45) is 0 Å². The molecule has 0 radical (unpaired) electrons. The molecule has 0 unspecified atom stereocenters. The first kappa shape index (κ1) is 11.5. The quantitative estimate of drug-likeness (QED) is 0.381. The van der Waals surface area contributed by atoms with Crippen molar-refractivity contribution in [1.82, 2.24) is 0 Å². The second-order valence-corrected chi connectivity index (χ2v) is 5.01. The fourth-order valence-corrected chi connectivity index (χ4v) is 2.67. The third-order valence-electron chi connectivity index (χ3n) is 2.02. The molecule has 0 nitrogen and oxygen atoms in total. The molecule has 0 aliphatic heterocycles. The van der Waals surface area contributed by atoms with Gasteiger partial charge >= 0.3 is 78.2 Å². The van der Waals surface area contributed by atoms with E-state index in [9.17, 15) is 0 Å². The Balaban J connectivity index is 0. The smallest absolute Gasteiger partial charge is 1.00 e. The molecular weight excluding hydrogens is 147 g/mol. The van der Waals surface area contributed by atoms with Gasteiger partial charge in [-0.3, -0.25) is 0 Å². The summed E-state index contributed by atoms with van der Waals surface area (Å²) in [5.74, 6) is 0. The van der Waals surface area contributed by atoms with Crippen LogP contribution in [-0.2, 0) is 0 Å². The summed E-state index contributed by atoms with van der Waals surface area (Å²) in [5, 5.41) is 3.11. The fourth-order valence-electron chi connectivity index (χ4n) is 1.22. The van der Waals surface area contributed by atoms with Crippen LogP contribution >= 0.6 is 0 Å². The average Bonchev–Trinajstić information content (AvgIpc) is 2.03. The molecule has 0 aliphatic rings. The van der Waals surface area contributed by atoms with E-state index >= 15 is 0 Å². The van der Waals surface area contributed by atoms with Crippen LogP contribution in [0.15, 0.2) is 0 Å². The maximum absolute atomic E-state index is 2.28. The van der Waals surface area contributed by atoms with Gasteiger partial charge in [0, 0.05) is 0 Å². The first-order valence-electron chi connectivity index (χ1n) is 5.23. The second kappa shape index (κ2) is 10.5. The monoisotopic (exact) mass is 170 g/mol. The molecule has 66 valence electrons. The van der Waals surface area contributed by atoms with Crippen LogP contribution in [0.5, 0.6) is 0 Å². The summed E-state index contributed by atoms with van der Waals surface area (Å²) < 4.78 is 0. The minimum atomic E-state index is 0. The molecule has 0 aliphatic carbocycles. The van der Waals surface area contributed by atoms with Crippen LogP contribution in [0, 0.1) is 0 Å². The minimum Gasteiger partial charge on any atom is -1.00 e. The van der Waals surface area contributed by atoms with E-state index in [1.54, 1.807) is 10.6 Å². The molecule has 0 amide bonds. The number of unbranched alkanes of at least 4 members (excludes halogenated alkanes) is 4. The SMILES string of the molecule is CCCC[CH2][Al+][CH2]CCCC.[H-]. The standard InChI is InChI=1S/2C5H11.Al.H/c2*1-3-5-4-2;;/h2*1,3-5H2,2H3;;/q;;+1;-1. The van der Waals surface area contributed by atoms with Crippen molar-refractivity contribution < 1.29 is 1.43 Å². The molecule has 0 heterocycles. The summed E-state index contributed by atoms with van der Waals surface area (Å²) in [5.41, 5.74) is 0. The topological polar surface area (TPSA) is 0 Å². The van der Waals surface area contributed by atoms with Crippen molar-refractivity contribution in [2.75, 3.05) is 0 Å². The Kier molecular flexibility index (Phi) is 11.0. The van der Waals surface area contributed by atoms with E-state index in [0.717, 1.165) is 15.2 Å². The summed E-state index contributed by atoms with van der Waals surface area (Å²) in [6.07, 6.45) is 8.68. The van der Waals surface area contributed by atoms with Crippen LogP contribution in [0.25, 0.3) is 0 Å². The zero-order valence-corrected chi connectivity index (χ0v) is 9.39. The van der Waals surface area contributed by atoms with Crippen molar-refractivity contribution in [3.8, 4) is 0 Å². The number of rotatable bonds is 8. The van der Waals surface area contributed by atoms with E-state index in [1.807, 2.05) is 0 Å². The molecule has 0 aromatic heterocycles. The molecule has 0 aromatic carbocycles. The summed E-state index contributed by atoms with van der Waals surface area (Å²) in [7, 11) is 0. The summed E-state index contributed by atoms with van der Waals surface area (Å²) >= 11 is 0.811. The van der Waals surface area contributed by atoms with E-state index in [2.05, 4.69) is 13.8 Å². The molecule has 0 aromatic rings. The molecule has 0 atom stereocenters. The minimum absolute atomic E-state index is 0. The van der Waals surface area contributed by atoms with E-state index in [-0.39, 0.29) is 1.43 Å². The largest absolute Gasteiger partial charge is 1.00 e. The van der Waals surface area contributed by atoms with Crippen molar-refractivity contribution in [2.45, 2.75) is 62.9 Å². The van der Waals surface area contributed by atoms with Crippen molar-refractivity contribution >= 4 is 15.2 Å². The third kappa shape index (κ3) is 10.5. The molecule has 0 saturated heterocycles. The van der Waals surface area contributed by atoms with Crippen molar-refractivity contribution in [1.29, 1.82) is 0 Å². The molecule has 0 fully saturated rings. The van der Waals surface area contributed by atoms with Crippen LogP contribution in [0.3, 0.4) is 0 Å². The summed E-state index contributed by atoms with van der Waals surface area (Å²) in [6.45, 7) is 4.57. The Morgan fingerprint density at radius 3 is 1.64 bits per heavy atom. The van der Waals surface area contributed by atoms with Crippen molar-refractivity contribution in [3.63, 3.8) is 0 Å². The zero-order chi connectivity index (χ0) is 8.36. The van der Waals surface area contributed by atoms with Gasteiger partial charge in [-0.25, -0.2) is 0 Å². The van der Waals surface area contributed by atoms with Crippen LogP contribution in [-0.4, -0.2) is 15.2 Å². The molecule has 0 rings (SSSR count). The van der Waals surface area contributed by atoms with Gasteiger partial charge in [-0.2, -0.15) is 0 Å². The first-order valence-corrected chi connectivity index (χ1v) is 6.86. The van der Waals surface area contributed by atoms with Crippen LogP contribution in [0.1, 0.15) is 53.8 Å². The molecule has 0 N–H and O–H groups in total. The summed E-state index contributed by atoms with van der Waals surface area (Å²) in [4.78, 5) is 0. The molecule has 11 heavy (non-hydrogen) atoms. The Labute approximate surface area is 80.0 Å². The van der Waals surface area contributed by atoms with E-state index in [4.69, 9.17) is 0 Å².